The average molecular weight is 429 g/mol. The number of rotatable bonds is 5. The number of nitrogens with zero attached hydrogens (tertiary/aromatic N) is 2. The minimum Gasteiger partial charge on any atom is -0.491 e. The zero-order valence-electron chi connectivity index (χ0n) is 18.4. The average Bonchev–Trinajstić information content (AvgIpc) is 2.93. The maximum atomic E-state index is 14.6. The summed E-state index contributed by atoms with van der Waals surface area (Å²) in [6, 6.07) is 14.2. The van der Waals surface area contributed by atoms with Gasteiger partial charge in [0.2, 0.25) is 0 Å². The number of carbonyl (C=O) groups is 1. The number of alkyl halides is 1. The van der Waals surface area contributed by atoms with E-state index in [-0.39, 0.29) is 18.6 Å². The van der Waals surface area contributed by atoms with Crippen LogP contribution in [0.4, 0.5) is 14.5 Å². The lowest BCUT2D eigenvalue weighted by molar-refractivity contribution is -0.121. The van der Waals surface area contributed by atoms with Crippen molar-refractivity contribution in [3.05, 3.63) is 59.9 Å². The van der Waals surface area contributed by atoms with Crippen molar-refractivity contribution in [3.63, 3.8) is 0 Å². The van der Waals surface area contributed by atoms with E-state index in [1.807, 2.05) is 26.0 Å². The van der Waals surface area contributed by atoms with Crippen LogP contribution in [-0.4, -0.2) is 41.2 Å². The van der Waals surface area contributed by atoms with Crippen molar-refractivity contribution >= 4 is 11.6 Å². The lowest BCUT2D eigenvalue weighted by atomic mass is 9.80. The van der Waals surface area contributed by atoms with E-state index in [0.29, 0.717) is 18.5 Å². The van der Waals surface area contributed by atoms with Gasteiger partial charge in [-0.1, -0.05) is 18.2 Å². The molecule has 1 unspecified atom stereocenters. The Labute approximate surface area is 182 Å². The first-order chi connectivity index (χ1) is 14.8. The first-order valence-electron chi connectivity index (χ1n) is 11.0. The molecule has 2 aliphatic heterocycles. The summed E-state index contributed by atoms with van der Waals surface area (Å²) in [5.41, 5.74) is 1.00. The minimum atomic E-state index is -1.54. The van der Waals surface area contributed by atoms with Gasteiger partial charge in [0.25, 0.3) is 5.91 Å². The fourth-order valence-corrected chi connectivity index (χ4v) is 5.10. The van der Waals surface area contributed by atoms with E-state index in [0.717, 1.165) is 24.4 Å². The molecule has 2 saturated heterocycles. The van der Waals surface area contributed by atoms with Crippen LogP contribution >= 0.6 is 0 Å². The lowest BCUT2D eigenvalue weighted by Crippen LogP contribution is -2.56. The van der Waals surface area contributed by atoms with Gasteiger partial charge in [0.1, 0.15) is 11.6 Å². The summed E-state index contributed by atoms with van der Waals surface area (Å²) in [4.78, 5) is 16.6. The normalized spacial score (nSPS) is 26.8. The molecule has 0 saturated carbocycles. The van der Waals surface area contributed by atoms with Crippen LogP contribution in [0.15, 0.2) is 48.5 Å². The van der Waals surface area contributed by atoms with Crippen LogP contribution < -0.4 is 9.64 Å². The molecule has 2 fully saturated rings. The Hall–Kier alpha value is -2.47. The predicted molar refractivity (Wildman–Crippen MR) is 117 cm³/mol. The third-order valence-electron chi connectivity index (χ3n) is 6.41. The number of anilines is 1. The molecule has 166 valence electrons. The number of carbonyl (C=O) groups excluding carboxylic acids is 1. The molecule has 4 rings (SSSR count). The fraction of sp³-hybridized carbons (Fsp3) is 0.480. The van der Waals surface area contributed by atoms with Gasteiger partial charge < -0.3 is 9.64 Å². The molecule has 0 aromatic heterocycles. The molecule has 4 nitrogen and oxygen atoms in total. The van der Waals surface area contributed by atoms with Crippen LogP contribution in [0, 0.1) is 5.82 Å². The quantitative estimate of drug-likeness (QED) is 0.663. The highest BCUT2D eigenvalue weighted by atomic mass is 19.1. The van der Waals surface area contributed by atoms with E-state index in [2.05, 4.69) is 24.0 Å². The van der Waals surface area contributed by atoms with Crippen molar-refractivity contribution in [2.75, 3.05) is 11.4 Å². The van der Waals surface area contributed by atoms with Crippen LogP contribution in [0.25, 0.3) is 0 Å². The summed E-state index contributed by atoms with van der Waals surface area (Å²) >= 11 is 0. The molecule has 2 heterocycles. The maximum Gasteiger partial charge on any atom is 0.262 e. The van der Waals surface area contributed by atoms with Crippen molar-refractivity contribution in [1.82, 2.24) is 4.90 Å². The highest BCUT2D eigenvalue weighted by molar-refractivity contribution is 6.00. The maximum absolute atomic E-state index is 14.6. The molecule has 3 atom stereocenters. The zero-order chi connectivity index (χ0) is 22.2. The SMILES string of the molecule is CC(C)Oc1cccc(CN2CC[C@]3(CC(F)C(=O)N3c3cccc(F)c3)C[C@@H]2C)c1. The zero-order valence-corrected chi connectivity index (χ0v) is 18.4. The van der Waals surface area contributed by atoms with Gasteiger partial charge in [-0.3, -0.25) is 9.69 Å². The highest BCUT2D eigenvalue weighted by Gasteiger charge is 2.54. The summed E-state index contributed by atoms with van der Waals surface area (Å²) < 4.78 is 34.2. The Balaban J connectivity index is 1.52. The summed E-state index contributed by atoms with van der Waals surface area (Å²) in [7, 11) is 0. The highest BCUT2D eigenvalue weighted by Crippen LogP contribution is 2.45. The number of piperidine rings is 1. The third kappa shape index (κ3) is 4.45. The number of benzene rings is 2. The predicted octanol–water partition coefficient (Wildman–Crippen LogP) is 5.11. The second-order valence-corrected chi connectivity index (χ2v) is 9.14. The van der Waals surface area contributed by atoms with E-state index in [4.69, 9.17) is 4.74 Å². The van der Waals surface area contributed by atoms with Gasteiger partial charge in [-0.2, -0.15) is 0 Å². The Morgan fingerprint density at radius 1 is 1.16 bits per heavy atom. The summed E-state index contributed by atoms with van der Waals surface area (Å²) in [5, 5.41) is 0. The molecule has 31 heavy (non-hydrogen) atoms. The molecule has 6 heteroatoms. The van der Waals surface area contributed by atoms with Crippen molar-refractivity contribution in [3.8, 4) is 5.75 Å². The van der Waals surface area contributed by atoms with Gasteiger partial charge in [0.05, 0.1) is 11.6 Å². The van der Waals surface area contributed by atoms with E-state index < -0.39 is 23.4 Å². The van der Waals surface area contributed by atoms with Gasteiger partial charge in [-0.25, -0.2) is 8.78 Å². The first-order valence-corrected chi connectivity index (χ1v) is 11.0. The van der Waals surface area contributed by atoms with Crippen molar-refractivity contribution in [1.29, 1.82) is 0 Å². The lowest BCUT2D eigenvalue weighted by Gasteiger charge is -2.48. The smallest absolute Gasteiger partial charge is 0.262 e. The number of hydrogen-bond donors (Lipinski definition) is 0. The van der Waals surface area contributed by atoms with Gasteiger partial charge in [0.15, 0.2) is 6.17 Å². The monoisotopic (exact) mass is 428 g/mol. The molecular weight excluding hydrogens is 398 g/mol. The summed E-state index contributed by atoms with van der Waals surface area (Å²) in [6.07, 6.45) is 0.0523. The first kappa shape index (κ1) is 21.8. The van der Waals surface area contributed by atoms with Crippen molar-refractivity contribution in [2.45, 2.75) is 70.4 Å². The van der Waals surface area contributed by atoms with Crippen molar-refractivity contribution in [2.24, 2.45) is 0 Å². The standard InChI is InChI=1S/C25H30F2N2O2/c1-17(2)31-22-9-4-6-19(12-22)16-28-11-10-25(14-18(28)3)15-23(27)24(30)29(25)21-8-5-7-20(26)13-21/h4-9,12-13,17-18,23H,10-11,14-16H2,1-3H3/t18-,23?,25+/m0/s1. The topological polar surface area (TPSA) is 32.8 Å². The Morgan fingerprint density at radius 2 is 1.94 bits per heavy atom. The number of hydrogen-bond acceptors (Lipinski definition) is 3. The molecule has 1 spiro atoms. The molecule has 0 aliphatic carbocycles. The van der Waals surface area contributed by atoms with Gasteiger partial charge in [-0.05, 0) is 69.5 Å². The van der Waals surface area contributed by atoms with Crippen LogP contribution in [0.2, 0.25) is 0 Å². The van der Waals surface area contributed by atoms with Crippen molar-refractivity contribution < 1.29 is 18.3 Å². The molecule has 0 radical (unpaired) electrons. The Bertz CT molecular complexity index is 951. The Morgan fingerprint density at radius 3 is 2.65 bits per heavy atom. The minimum absolute atomic E-state index is 0.117. The van der Waals surface area contributed by atoms with Crippen LogP contribution in [0.3, 0.4) is 0 Å². The van der Waals surface area contributed by atoms with E-state index in [1.54, 1.807) is 12.1 Å². The fourth-order valence-electron chi connectivity index (χ4n) is 5.10. The second-order valence-electron chi connectivity index (χ2n) is 9.14. The molecule has 0 N–H and O–H groups in total. The van der Waals surface area contributed by atoms with E-state index >= 15 is 0 Å². The molecular formula is C25H30F2N2O2. The number of ether oxygens (including phenoxy) is 1. The van der Waals surface area contributed by atoms with E-state index in [9.17, 15) is 13.6 Å². The van der Waals surface area contributed by atoms with E-state index in [1.165, 1.54) is 17.0 Å². The number of halogens is 2. The second kappa shape index (κ2) is 8.58. The summed E-state index contributed by atoms with van der Waals surface area (Å²) in [5.74, 6) is -0.117. The molecule has 2 aromatic carbocycles. The van der Waals surface area contributed by atoms with Crippen LogP contribution in [0.5, 0.6) is 5.75 Å². The molecule has 2 aromatic rings. The molecule has 2 aliphatic rings. The molecule has 0 bridgehead atoms. The Kier molecular flexibility index (Phi) is 6.02. The summed E-state index contributed by atoms with van der Waals surface area (Å²) in [6.45, 7) is 7.63. The molecule has 1 amide bonds. The third-order valence-corrected chi connectivity index (χ3v) is 6.41. The number of amides is 1. The van der Waals surface area contributed by atoms with Gasteiger partial charge in [-0.15, -0.1) is 0 Å². The largest absolute Gasteiger partial charge is 0.491 e. The van der Waals surface area contributed by atoms with Crippen LogP contribution in [-0.2, 0) is 11.3 Å². The van der Waals surface area contributed by atoms with Gasteiger partial charge >= 0.3 is 0 Å². The van der Waals surface area contributed by atoms with Gasteiger partial charge in [0, 0.05) is 31.2 Å². The van der Waals surface area contributed by atoms with Crippen LogP contribution in [0.1, 0.15) is 45.6 Å². The number of likely N-dealkylation sites (tertiary alicyclic amines) is 1.